The van der Waals surface area contributed by atoms with Crippen molar-refractivity contribution in [2.45, 2.75) is 12.7 Å². The molecule has 36 heavy (non-hydrogen) atoms. The predicted molar refractivity (Wildman–Crippen MR) is 130 cm³/mol. The maximum Gasteiger partial charge on any atom is 0.416 e. The molecular weight excluding hydrogens is 475 g/mol. The molecule has 0 saturated carbocycles. The second-order valence-electron chi connectivity index (χ2n) is 7.66. The minimum atomic E-state index is -4.50. The Morgan fingerprint density at radius 2 is 1.56 bits per heavy atom. The Balaban J connectivity index is 1.44. The first-order valence-electron chi connectivity index (χ1n) is 10.7. The van der Waals surface area contributed by atoms with E-state index >= 15 is 0 Å². The van der Waals surface area contributed by atoms with Gasteiger partial charge in [0.05, 0.1) is 25.3 Å². The number of methoxy groups -OCH3 is 2. The van der Waals surface area contributed by atoms with E-state index in [4.69, 9.17) is 9.47 Å². The standard InChI is InChI=1S/C25H22F3N5O3/c1-35-21-11-19-20(12-22(21)36-2)30-14-31-23(19)29-13-15-5-3-7-17(9-15)32-24(34)33-18-8-4-6-16(10-18)25(26,27)28/h3-12,14H,13H2,1-2H3,(H,29,30,31)(H2,32,33,34). The fraction of sp³-hybridized carbons (Fsp3) is 0.160. The third-order valence-electron chi connectivity index (χ3n) is 5.23. The van der Waals surface area contributed by atoms with Crippen molar-refractivity contribution in [2.75, 3.05) is 30.2 Å². The lowest BCUT2D eigenvalue weighted by molar-refractivity contribution is -0.137. The second kappa shape index (κ2) is 10.4. The third kappa shape index (κ3) is 5.74. The molecule has 11 heteroatoms. The van der Waals surface area contributed by atoms with Crippen molar-refractivity contribution in [3.63, 3.8) is 0 Å². The summed E-state index contributed by atoms with van der Waals surface area (Å²) in [5.41, 5.74) is 1.16. The van der Waals surface area contributed by atoms with Crippen LogP contribution < -0.4 is 25.4 Å². The van der Waals surface area contributed by atoms with Crippen LogP contribution in [0.25, 0.3) is 10.9 Å². The van der Waals surface area contributed by atoms with E-state index in [0.29, 0.717) is 35.1 Å². The topological polar surface area (TPSA) is 97.4 Å². The fourth-order valence-electron chi connectivity index (χ4n) is 3.54. The number of nitrogens with zero attached hydrogens (tertiary/aromatic N) is 2. The number of carbonyl (C=O) groups excluding carboxylic acids is 1. The summed E-state index contributed by atoms with van der Waals surface area (Å²) < 4.78 is 49.4. The van der Waals surface area contributed by atoms with Crippen LogP contribution in [0.15, 0.2) is 67.0 Å². The molecule has 2 amide bonds. The van der Waals surface area contributed by atoms with Gasteiger partial charge in [-0.1, -0.05) is 18.2 Å². The molecule has 0 spiro atoms. The molecule has 1 heterocycles. The van der Waals surface area contributed by atoms with Gasteiger partial charge in [0, 0.05) is 29.4 Å². The number of hydrogen-bond donors (Lipinski definition) is 3. The third-order valence-corrected chi connectivity index (χ3v) is 5.23. The average Bonchev–Trinajstić information content (AvgIpc) is 2.86. The number of benzene rings is 3. The van der Waals surface area contributed by atoms with Crippen LogP contribution in [0.4, 0.5) is 35.2 Å². The second-order valence-corrected chi connectivity index (χ2v) is 7.66. The van der Waals surface area contributed by atoms with E-state index in [1.165, 1.54) is 18.5 Å². The highest BCUT2D eigenvalue weighted by Crippen LogP contribution is 2.34. The van der Waals surface area contributed by atoms with Crippen LogP contribution >= 0.6 is 0 Å². The Morgan fingerprint density at radius 3 is 2.25 bits per heavy atom. The molecule has 0 fully saturated rings. The van der Waals surface area contributed by atoms with E-state index < -0.39 is 17.8 Å². The normalized spacial score (nSPS) is 11.1. The highest BCUT2D eigenvalue weighted by Gasteiger charge is 2.30. The summed E-state index contributed by atoms with van der Waals surface area (Å²) in [7, 11) is 3.09. The number of ether oxygens (including phenoxy) is 2. The SMILES string of the molecule is COc1cc2ncnc(NCc3cccc(NC(=O)Nc4cccc(C(F)(F)F)c4)c3)c2cc1OC. The summed E-state index contributed by atoms with van der Waals surface area (Å²) in [6.07, 6.45) is -3.06. The van der Waals surface area contributed by atoms with Gasteiger partial charge in [-0.15, -0.1) is 0 Å². The van der Waals surface area contributed by atoms with Crippen LogP contribution in [0.5, 0.6) is 11.5 Å². The van der Waals surface area contributed by atoms with Crippen LogP contribution in [0, 0.1) is 0 Å². The maximum atomic E-state index is 12.9. The maximum absolute atomic E-state index is 12.9. The zero-order valence-electron chi connectivity index (χ0n) is 19.3. The number of amides is 2. The summed E-state index contributed by atoms with van der Waals surface area (Å²) in [6.45, 7) is 0.380. The first-order chi connectivity index (χ1) is 17.3. The Labute approximate surface area is 204 Å². The smallest absolute Gasteiger partial charge is 0.416 e. The Bertz CT molecular complexity index is 1400. The molecule has 3 aromatic carbocycles. The van der Waals surface area contributed by atoms with Crippen molar-refractivity contribution in [1.29, 1.82) is 0 Å². The number of carbonyl (C=O) groups is 1. The molecular formula is C25H22F3N5O3. The van der Waals surface area contributed by atoms with Gasteiger partial charge in [0.2, 0.25) is 0 Å². The molecule has 1 aromatic heterocycles. The van der Waals surface area contributed by atoms with Crippen molar-refractivity contribution in [3.05, 3.63) is 78.1 Å². The summed E-state index contributed by atoms with van der Waals surface area (Å²) in [5, 5.41) is 9.04. The zero-order valence-corrected chi connectivity index (χ0v) is 19.3. The number of rotatable bonds is 7. The molecule has 0 atom stereocenters. The number of halogens is 3. The quantitative estimate of drug-likeness (QED) is 0.293. The Kier molecular flexibility index (Phi) is 7.09. The van der Waals surface area contributed by atoms with E-state index in [1.807, 2.05) is 6.07 Å². The number of fused-ring (bicyclic) bond motifs is 1. The van der Waals surface area contributed by atoms with E-state index in [9.17, 15) is 18.0 Å². The molecule has 0 aliphatic rings. The van der Waals surface area contributed by atoms with Gasteiger partial charge in [0.15, 0.2) is 11.5 Å². The van der Waals surface area contributed by atoms with Crippen LogP contribution in [-0.2, 0) is 12.7 Å². The fourth-order valence-corrected chi connectivity index (χ4v) is 3.54. The van der Waals surface area contributed by atoms with Gasteiger partial charge in [0.1, 0.15) is 12.1 Å². The first kappa shape index (κ1) is 24.6. The van der Waals surface area contributed by atoms with Gasteiger partial charge < -0.3 is 25.4 Å². The zero-order chi connectivity index (χ0) is 25.7. The van der Waals surface area contributed by atoms with E-state index in [0.717, 1.165) is 23.1 Å². The highest BCUT2D eigenvalue weighted by atomic mass is 19.4. The van der Waals surface area contributed by atoms with Crippen molar-refractivity contribution in [3.8, 4) is 11.5 Å². The monoisotopic (exact) mass is 497 g/mol. The molecule has 0 radical (unpaired) electrons. The van der Waals surface area contributed by atoms with E-state index in [-0.39, 0.29) is 5.69 Å². The molecule has 0 saturated heterocycles. The number of hydrogen-bond acceptors (Lipinski definition) is 6. The summed E-state index contributed by atoms with van der Waals surface area (Å²) >= 11 is 0. The minimum Gasteiger partial charge on any atom is -0.493 e. The molecule has 8 nitrogen and oxygen atoms in total. The van der Waals surface area contributed by atoms with Crippen LogP contribution in [0.2, 0.25) is 0 Å². The van der Waals surface area contributed by atoms with E-state index in [2.05, 4.69) is 25.9 Å². The molecule has 0 aliphatic carbocycles. The Hall–Kier alpha value is -4.54. The summed E-state index contributed by atoms with van der Waals surface area (Å²) in [6, 6.07) is 14.3. The van der Waals surface area contributed by atoms with E-state index in [1.54, 1.807) is 44.6 Å². The van der Waals surface area contributed by atoms with Crippen molar-refractivity contribution in [1.82, 2.24) is 9.97 Å². The molecule has 4 aromatic rings. The van der Waals surface area contributed by atoms with Crippen molar-refractivity contribution in [2.24, 2.45) is 0 Å². The van der Waals surface area contributed by atoms with Gasteiger partial charge in [-0.25, -0.2) is 14.8 Å². The minimum absolute atomic E-state index is 0.0304. The van der Waals surface area contributed by atoms with Gasteiger partial charge in [-0.05, 0) is 42.0 Å². The number of nitrogens with one attached hydrogen (secondary N) is 3. The largest absolute Gasteiger partial charge is 0.493 e. The van der Waals surface area contributed by atoms with Crippen LogP contribution in [0.3, 0.4) is 0 Å². The Morgan fingerprint density at radius 1 is 0.889 bits per heavy atom. The average molecular weight is 497 g/mol. The lowest BCUT2D eigenvalue weighted by Crippen LogP contribution is -2.20. The predicted octanol–water partition coefficient (Wildman–Crippen LogP) is 5.92. The number of urea groups is 1. The van der Waals surface area contributed by atoms with Gasteiger partial charge in [-0.2, -0.15) is 13.2 Å². The molecule has 0 unspecified atom stereocenters. The number of alkyl halides is 3. The number of aromatic nitrogens is 2. The first-order valence-corrected chi connectivity index (χ1v) is 10.7. The van der Waals surface area contributed by atoms with Crippen molar-refractivity contribution >= 4 is 34.1 Å². The van der Waals surface area contributed by atoms with Gasteiger partial charge in [0.25, 0.3) is 0 Å². The van der Waals surface area contributed by atoms with Crippen LogP contribution in [-0.4, -0.2) is 30.2 Å². The molecule has 0 bridgehead atoms. The lowest BCUT2D eigenvalue weighted by atomic mass is 10.1. The number of anilines is 3. The molecule has 3 N–H and O–H groups in total. The lowest BCUT2D eigenvalue weighted by Gasteiger charge is -2.13. The summed E-state index contributed by atoms with van der Waals surface area (Å²) in [5.74, 6) is 1.68. The summed E-state index contributed by atoms with van der Waals surface area (Å²) in [4.78, 5) is 20.9. The van der Waals surface area contributed by atoms with Gasteiger partial charge in [-0.3, -0.25) is 0 Å². The van der Waals surface area contributed by atoms with Crippen LogP contribution in [0.1, 0.15) is 11.1 Å². The highest BCUT2D eigenvalue weighted by molar-refractivity contribution is 5.99. The van der Waals surface area contributed by atoms with Crippen molar-refractivity contribution < 1.29 is 27.4 Å². The molecule has 186 valence electrons. The molecule has 0 aliphatic heterocycles. The van der Waals surface area contributed by atoms with Gasteiger partial charge >= 0.3 is 12.2 Å². The molecule has 4 rings (SSSR count).